The second kappa shape index (κ2) is 7.93. The normalized spacial score (nSPS) is 12.1. The summed E-state index contributed by atoms with van der Waals surface area (Å²) in [6, 6.07) is 0. The van der Waals surface area contributed by atoms with Gasteiger partial charge in [-0.05, 0) is 20.8 Å². The van der Waals surface area contributed by atoms with Crippen LogP contribution in [0.5, 0.6) is 0 Å². The third kappa shape index (κ3) is 5.79. The predicted molar refractivity (Wildman–Crippen MR) is 61.4 cm³/mol. The van der Waals surface area contributed by atoms with E-state index in [1.165, 1.54) is 0 Å². The number of hydrogen-bond acceptors (Lipinski definition) is 2. The third-order valence-electron chi connectivity index (χ3n) is 1.87. The van der Waals surface area contributed by atoms with Crippen molar-refractivity contribution in [2.45, 2.75) is 20.8 Å². The van der Waals surface area contributed by atoms with Gasteiger partial charge in [0.1, 0.15) is 0 Å². The highest BCUT2D eigenvalue weighted by Crippen LogP contribution is 2.01. The molecule has 1 amide bonds. The molecule has 0 aliphatic carbocycles. The smallest absolute Gasteiger partial charge is 0.410 e. The first-order valence-corrected chi connectivity index (χ1v) is 5.14. The maximum absolute atomic E-state index is 11.5. The Balaban J connectivity index is 4.30. The zero-order valence-electron chi connectivity index (χ0n) is 9.69. The van der Waals surface area contributed by atoms with Gasteiger partial charge < -0.3 is 9.64 Å². The summed E-state index contributed by atoms with van der Waals surface area (Å²) in [4.78, 5) is 13.1. The number of ether oxygens (including phenoxy) is 1. The monoisotopic (exact) mass is 209 g/mol. The number of amides is 1. The molecule has 0 aromatic heterocycles. The highest BCUT2D eigenvalue weighted by atomic mass is 16.6. The standard InChI is InChI=1S/C12H19NO2/c1-5-8-9-13(10-11(4)6-2)12(14)15-7-3/h2,5,8,11H,7,9-10H2,1,3-4H3/b8-5+. The van der Waals surface area contributed by atoms with E-state index < -0.39 is 0 Å². The van der Waals surface area contributed by atoms with E-state index in [2.05, 4.69) is 5.92 Å². The number of carbonyl (C=O) groups excluding carboxylic acids is 1. The zero-order valence-corrected chi connectivity index (χ0v) is 9.69. The van der Waals surface area contributed by atoms with E-state index in [-0.39, 0.29) is 12.0 Å². The zero-order chi connectivity index (χ0) is 11.7. The SMILES string of the molecule is C#CC(C)CN(C/C=C/C)C(=O)OCC. The van der Waals surface area contributed by atoms with E-state index in [4.69, 9.17) is 11.2 Å². The molecule has 0 aromatic carbocycles. The van der Waals surface area contributed by atoms with Gasteiger partial charge in [0.15, 0.2) is 0 Å². The highest BCUT2D eigenvalue weighted by Gasteiger charge is 2.14. The van der Waals surface area contributed by atoms with Crippen LogP contribution in [0.3, 0.4) is 0 Å². The summed E-state index contributed by atoms with van der Waals surface area (Å²) in [7, 11) is 0. The van der Waals surface area contributed by atoms with Crippen LogP contribution in [0.2, 0.25) is 0 Å². The van der Waals surface area contributed by atoms with Gasteiger partial charge in [-0.1, -0.05) is 12.2 Å². The van der Waals surface area contributed by atoms with Gasteiger partial charge in [0.05, 0.1) is 6.61 Å². The average molecular weight is 209 g/mol. The van der Waals surface area contributed by atoms with Crippen LogP contribution in [0.15, 0.2) is 12.2 Å². The van der Waals surface area contributed by atoms with Gasteiger partial charge in [-0.3, -0.25) is 0 Å². The molecule has 0 aromatic rings. The summed E-state index contributed by atoms with van der Waals surface area (Å²) in [5.41, 5.74) is 0. The summed E-state index contributed by atoms with van der Waals surface area (Å²) in [5.74, 6) is 2.64. The lowest BCUT2D eigenvalue weighted by molar-refractivity contribution is 0.109. The Morgan fingerprint density at radius 3 is 2.80 bits per heavy atom. The van der Waals surface area contributed by atoms with Gasteiger partial charge in [-0.25, -0.2) is 4.79 Å². The van der Waals surface area contributed by atoms with E-state index in [0.29, 0.717) is 19.7 Å². The molecule has 3 heteroatoms. The first-order valence-electron chi connectivity index (χ1n) is 5.14. The predicted octanol–water partition coefficient (Wildman–Crippen LogP) is 2.29. The van der Waals surface area contributed by atoms with Crippen molar-refractivity contribution in [3.05, 3.63) is 12.2 Å². The molecule has 0 aliphatic rings. The fourth-order valence-electron chi connectivity index (χ4n) is 1.05. The van der Waals surface area contributed by atoms with Crippen LogP contribution < -0.4 is 0 Å². The van der Waals surface area contributed by atoms with Crippen LogP contribution in [0.4, 0.5) is 4.79 Å². The van der Waals surface area contributed by atoms with Crippen molar-refractivity contribution in [1.82, 2.24) is 4.90 Å². The average Bonchev–Trinajstić information content (AvgIpc) is 2.24. The van der Waals surface area contributed by atoms with Crippen molar-refractivity contribution < 1.29 is 9.53 Å². The molecule has 0 bridgehead atoms. The summed E-state index contributed by atoms with van der Waals surface area (Å²) in [6.45, 7) is 7.06. The first kappa shape index (κ1) is 13.6. The fraction of sp³-hybridized carbons (Fsp3) is 0.583. The van der Waals surface area contributed by atoms with E-state index >= 15 is 0 Å². The molecule has 0 fully saturated rings. The topological polar surface area (TPSA) is 29.5 Å². The van der Waals surface area contributed by atoms with Crippen molar-refractivity contribution in [3.63, 3.8) is 0 Å². The van der Waals surface area contributed by atoms with E-state index in [1.54, 1.807) is 11.8 Å². The second-order valence-corrected chi connectivity index (χ2v) is 3.24. The Bertz CT molecular complexity index is 253. The minimum absolute atomic E-state index is 0.0414. The molecule has 0 rings (SSSR count). The van der Waals surface area contributed by atoms with Crippen LogP contribution in [0, 0.1) is 18.3 Å². The Morgan fingerprint density at radius 2 is 2.33 bits per heavy atom. The summed E-state index contributed by atoms with van der Waals surface area (Å²) in [6.07, 6.45) is 8.77. The third-order valence-corrected chi connectivity index (χ3v) is 1.87. The van der Waals surface area contributed by atoms with Crippen LogP contribution in [0.25, 0.3) is 0 Å². The fourth-order valence-corrected chi connectivity index (χ4v) is 1.05. The second-order valence-electron chi connectivity index (χ2n) is 3.24. The van der Waals surface area contributed by atoms with Gasteiger partial charge in [0, 0.05) is 19.0 Å². The lowest BCUT2D eigenvalue weighted by atomic mass is 10.2. The molecule has 1 atom stereocenters. The van der Waals surface area contributed by atoms with E-state index in [1.807, 2.05) is 26.0 Å². The molecule has 1 unspecified atom stereocenters. The van der Waals surface area contributed by atoms with Gasteiger partial charge in [-0.15, -0.1) is 12.3 Å². The van der Waals surface area contributed by atoms with Crippen molar-refractivity contribution in [1.29, 1.82) is 0 Å². The molecule has 0 aliphatic heterocycles. The first-order chi connectivity index (χ1) is 7.15. The molecule has 3 nitrogen and oxygen atoms in total. The lowest BCUT2D eigenvalue weighted by Crippen LogP contribution is -2.35. The lowest BCUT2D eigenvalue weighted by Gasteiger charge is -2.21. The van der Waals surface area contributed by atoms with Crippen molar-refractivity contribution in [2.24, 2.45) is 5.92 Å². The maximum atomic E-state index is 11.5. The molecule has 15 heavy (non-hydrogen) atoms. The van der Waals surface area contributed by atoms with Crippen LogP contribution in [0.1, 0.15) is 20.8 Å². The Labute approximate surface area is 92.1 Å². The van der Waals surface area contributed by atoms with Crippen LogP contribution in [-0.4, -0.2) is 30.7 Å². The largest absolute Gasteiger partial charge is 0.450 e. The minimum Gasteiger partial charge on any atom is -0.450 e. The van der Waals surface area contributed by atoms with Crippen LogP contribution >= 0.6 is 0 Å². The molecule has 0 radical (unpaired) electrons. The highest BCUT2D eigenvalue weighted by molar-refractivity contribution is 5.67. The van der Waals surface area contributed by atoms with E-state index in [0.717, 1.165) is 0 Å². The van der Waals surface area contributed by atoms with Crippen molar-refractivity contribution >= 4 is 6.09 Å². The Hall–Kier alpha value is -1.43. The number of nitrogens with zero attached hydrogens (tertiary/aromatic N) is 1. The van der Waals surface area contributed by atoms with Crippen molar-refractivity contribution in [3.8, 4) is 12.3 Å². The number of carbonyl (C=O) groups is 1. The number of hydrogen-bond donors (Lipinski definition) is 0. The molecule has 0 saturated heterocycles. The number of allylic oxidation sites excluding steroid dienone is 1. The van der Waals surface area contributed by atoms with Gasteiger partial charge in [-0.2, -0.15) is 0 Å². The number of rotatable bonds is 5. The number of terminal acetylenes is 1. The quantitative estimate of drug-likeness (QED) is 0.513. The maximum Gasteiger partial charge on any atom is 0.410 e. The van der Waals surface area contributed by atoms with Crippen LogP contribution in [-0.2, 0) is 4.74 Å². The molecule has 0 heterocycles. The molecule has 0 N–H and O–H groups in total. The van der Waals surface area contributed by atoms with Crippen molar-refractivity contribution in [2.75, 3.05) is 19.7 Å². The molecule has 84 valence electrons. The Kier molecular flexibility index (Phi) is 7.17. The van der Waals surface area contributed by atoms with Gasteiger partial charge >= 0.3 is 6.09 Å². The van der Waals surface area contributed by atoms with E-state index in [9.17, 15) is 4.79 Å². The molecule has 0 saturated carbocycles. The summed E-state index contributed by atoms with van der Waals surface area (Å²) in [5, 5.41) is 0. The molecular formula is C12H19NO2. The Morgan fingerprint density at radius 1 is 1.67 bits per heavy atom. The summed E-state index contributed by atoms with van der Waals surface area (Å²) < 4.78 is 4.93. The molecular weight excluding hydrogens is 190 g/mol. The van der Waals surface area contributed by atoms with Gasteiger partial charge in [0.25, 0.3) is 0 Å². The minimum atomic E-state index is -0.308. The summed E-state index contributed by atoms with van der Waals surface area (Å²) >= 11 is 0. The van der Waals surface area contributed by atoms with Gasteiger partial charge in [0.2, 0.25) is 0 Å². The molecule has 0 spiro atoms.